The third-order valence-corrected chi connectivity index (χ3v) is 2.55. The van der Waals surface area contributed by atoms with Crippen LogP contribution in [0.1, 0.15) is 18.5 Å². The summed E-state index contributed by atoms with van der Waals surface area (Å²) in [6.45, 7) is 2.86. The van der Waals surface area contributed by atoms with Crippen molar-refractivity contribution in [2.24, 2.45) is 0 Å². The van der Waals surface area contributed by atoms with Crippen molar-refractivity contribution in [2.45, 2.75) is 13.0 Å². The van der Waals surface area contributed by atoms with Crippen molar-refractivity contribution in [3.8, 4) is 23.3 Å². The van der Waals surface area contributed by atoms with Gasteiger partial charge in [-0.15, -0.1) is 0 Å². The van der Waals surface area contributed by atoms with Crippen LogP contribution in [0.3, 0.4) is 0 Å². The Morgan fingerprint density at radius 2 is 2.35 bits per heavy atom. The Balaban J connectivity index is 2.39. The van der Waals surface area contributed by atoms with E-state index in [1.165, 1.54) is 0 Å². The van der Waals surface area contributed by atoms with Crippen LogP contribution in [-0.2, 0) is 0 Å². The molecule has 0 aliphatic carbocycles. The zero-order chi connectivity index (χ0) is 12.3. The van der Waals surface area contributed by atoms with Crippen LogP contribution in [0.2, 0.25) is 0 Å². The summed E-state index contributed by atoms with van der Waals surface area (Å²) < 4.78 is 15.8. The number of ether oxygens (including phenoxy) is 3. The molecule has 0 aromatic heterocycles. The lowest BCUT2D eigenvalue weighted by Gasteiger charge is -2.12. The van der Waals surface area contributed by atoms with Crippen molar-refractivity contribution >= 4 is 0 Å². The number of hydrogen-bond donors (Lipinski definition) is 1. The Kier molecular flexibility index (Phi) is 3.35. The highest BCUT2D eigenvalue weighted by Crippen LogP contribution is 2.42. The molecule has 1 atom stereocenters. The van der Waals surface area contributed by atoms with E-state index in [0.717, 1.165) is 12.1 Å². The maximum atomic E-state index is 9.10. The lowest BCUT2D eigenvalue weighted by Crippen LogP contribution is -2.19. The Morgan fingerprint density at radius 3 is 3.00 bits per heavy atom. The van der Waals surface area contributed by atoms with E-state index in [0.29, 0.717) is 17.2 Å². The number of nitrogens with one attached hydrogen (secondary N) is 1. The molecular weight excluding hydrogens is 220 g/mol. The molecule has 2 rings (SSSR count). The molecule has 1 aliphatic heterocycles. The number of nitriles is 1. The minimum absolute atomic E-state index is 0.188. The van der Waals surface area contributed by atoms with Gasteiger partial charge < -0.3 is 14.2 Å². The van der Waals surface area contributed by atoms with E-state index < -0.39 is 0 Å². The van der Waals surface area contributed by atoms with E-state index in [9.17, 15) is 0 Å². The Morgan fingerprint density at radius 1 is 1.53 bits per heavy atom. The van der Waals surface area contributed by atoms with Crippen LogP contribution in [0.25, 0.3) is 0 Å². The van der Waals surface area contributed by atoms with Crippen LogP contribution in [0.15, 0.2) is 12.1 Å². The highest BCUT2D eigenvalue weighted by Gasteiger charge is 2.22. The third kappa shape index (κ3) is 2.12. The molecule has 0 amide bonds. The van der Waals surface area contributed by atoms with E-state index in [4.69, 9.17) is 19.5 Å². The number of hydrogen-bond acceptors (Lipinski definition) is 5. The molecule has 0 spiro atoms. The van der Waals surface area contributed by atoms with Crippen molar-refractivity contribution in [2.75, 3.05) is 20.4 Å². The van der Waals surface area contributed by atoms with E-state index in [1.807, 2.05) is 6.92 Å². The fourth-order valence-corrected chi connectivity index (χ4v) is 1.76. The van der Waals surface area contributed by atoms with Gasteiger partial charge in [-0.1, -0.05) is 6.92 Å². The van der Waals surface area contributed by atoms with E-state index in [-0.39, 0.29) is 12.8 Å². The molecule has 0 fully saturated rings. The maximum absolute atomic E-state index is 9.10. The van der Waals surface area contributed by atoms with Crippen LogP contribution in [0, 0.1) is 11.3 Å². The second-order valence-corrected chi connectivity index (χ2v) is 3.58. The van der Waals surface area contributed by atoms with Crippen LogP contribution in [0.4, 0.5) is 0 Å². The number of nitrogens with zero attached hydrogens (tertiary/aromatic N) is 1. The van der Waals surface area contributed by atoms with Crippen LogP contribution in [0.5, 0.6) is 17.2 Å². The minimum Gasteiger partial charge on any atom is -0.493 e. The Bertz CT molecular complexity index is 454. The van der Waals surface area contributed by atoms with Gasteiger partial charge in [-0.25, -0.2) is 0 Å². The molecule has 5 nitrogen and oxygen atoms in total. The molecule has 17 heavy (non-hydrogen) atoms. The van der Waals surface area contributed by atoms with Gasteiger partial charge in [0.1, 0.15) is 6.04 Å². The average molecular weight is 234 g/mol. The highest BCUT2D eigenvalue weighted by molar-refractivity contribution is 5.56. The fourth-order valence-electron chi connectivity index (χ4n) is 1.76. The van der Waals surface area contributed by atoms with Gasteiger partial charge in [0.2, 0.25) is 12.5 Å². The monoisotopic (exact) mass is 234 g/mol. The topological polar surface area (TPSA) is 63.5 Å². The third-order valence-electron chi connectivity index (χ3n) is 2.55. The second-order valence-electron chi connectivity index (χ2n) is 3.58. The molecular formula is C12H14N2O3. The summed E-state index contributed by atoms with van der Waals surface area (Å²) in [5, 5.41) is 12.2. The van der Waals surface area contributed by atoms with Crippen LogP contribution in [-0.4, -0.2) is 20.4 Å². The molecule has 0 radical (unpaired) electrons. The zero-order valence-electron chi connectivity index (χ0n) is 9.82. The summed E-state index contributed by atoms with van der Waals surface area (Å²) in [7, 11) is 1.57. The summed E-state index contributed by atoms with van der Waals surface area (Å²) in [5.41, 5.74) is 0.815. The van der Waals surface area contributed by atoms with E-state index in [1.54, 1.807) is 19.2 Å². The first kappa shape index (κ1) is 11.6. The van der Waals surface area contributed by atoms with Gasteiger partial charge in [0.25, 0.3) is 0 Å². The predicted octanol–water partition coefficient (Wildman–Crippen LogP) is 1.60. The lowest BCUT2D eigenvalue weighted by molar-refractivity contribution is 0.171. The summed E-state index contributed by atoms with van der Waals surface area (Å²) in [6.07, 6.45) is 0. The molecule has 0 bridgehead atoms. The smallest absolute Gasteiger partial charge is 0.231 e. The molecule has 1 aliphatic rings. The summed E-state index contributed by atoms with van der Waals surface area (Å²) in [6, 6.07) is 5.43. The Hall–Kier alpha value is -1.93. The summed E-state index contributed by atoms with van der Waals surface area (Å²) in [4.78, 5) is 0. The summed E-state index contributed by atoms with van der Waals surface area (Å²) in [5.74, 6) is 1.81. The van der Waals surface area contributed by atoms with Crippen molar-refractivity contribution in [1.29, 1.82) is 5.26 Å². The first-order valence-corrected chi connectivity index (χ1v) is 5.40. The molecule has 1 aromatic rings. The van der Waals surface area contributed by atoms with Crippen molar-refractivity contribution < 1.29 is 14.2 Å². The molecule has 1 heterocycles. The zero-order valence-corrected chi connectivity index (χ0v) is 9.82. The van der Waals surface area contributed by atoms with Crippen molar-refractivity contribution in [1.82, 2.24) is 5.32 Å². The average Bonchev–Trinajstić information content (AvgIpc) is 2.82. The molecule has 0 saturated carbocycles. The maximum Gasteiger partial charge on any atom is 0.231 e. The minimum atomic E-state index is -0.372. The van der Waals surface area contributed by atoms with E-state index in [2.05, 4.69) is 11.4 Å². The van der Waals surface area contributed by atoms with E-state index >= 15 is 0 Å². The summed E-state index contributed by atoms with van der Waals surface area (Å²) >= 11 is 0. The molecule has 1 N–H and O–H groups in total. The largest absolute Gasteiger partial charge is 0.493 e. The van der Waals surface area contributed by atoms with Gasteiger partial charge >= 0.3 is 0 Å². The molecule has 5 heteroatoms. The standard InChI is InChI=1S/C12H14N2O3/c1-3-14-9(6-13)8-4-10(15-2)12-11(5-8)16-7-17-12/h4-5,9,14H,3,7H2,1-2H3. The van der Waals surface area contributed by atoms with Crippen LogP contribution < -0.4 is 19.5 Å². The van der Waals surface area contributed by atoms with Gasteiger partial charge in [0.15, 0.2) is 11.5 Å². The van der Waals surface area contributed by atoms with Gasteiger partial charge in [-0.05, 0) is 24.2 Å². The fraction of sp³-hybridized carbons (Fsp3) is 0.417. The van der Waals surface area contributed by atoms with Crippen LogP contribution >= 0.6 is 0 Å². The lowest BCUT2D eigenvalue weighted by atomic mass is 10.1. The first-order valence-electron chi connectivity index (χ1n) is 5.40. The number of benzene rings is 1. The second kappa shape index (κ2) is 4.93. The quantitative estimate of drug-likeness (QED) is 0.857. The van der Waals surface area contributed by atoms with Crippen molar-refractivity contribution in [3.63, 3.8) is 0 Å². The number of methoxy groups -OCH3 is 1. The molecule has 1 unspecified atom stereocenters. The van der Waals surface area contributed by atoms with Gasteiger partial charge in [0.05, 0.1) is 13.2 Å². The Labute approximate surface area is 99.9 Å². The number of fused-ring (bicyclic) bond motifs is 1. The first-order chi connectivity index (χ1) is 8.30. The predicted molar refractivity (Wildman–Crippen MR) is 61.1 cm³/mol. The van der Waals surface area contributed by atoms with Gasteiger partial charge in [-0.2, -0.15) is 5.26 Å². The highest BCUT2D eigenvalue weighted by atomic mass is 16.7. The van der Waals surface area contributed by atoms with Gasteiger partial charge in [-0.3, -0.25) is 5.32 Å². The molecule has 1 aromatic carbocycles. The normalized spacial score (nSPS) is 14.2. The molecule has 0 saturated heterocycles. The van der Waals surface area contributed by atoms with Gasteiger partial charge in [0, 0.05) is 0 Å². The molecule has 90 valence electrons. The SMILES string of the molecule is CCNC(C#N)c1cc(OC)c2c(c1)OCO2. The number of rotatable bonds is 4. The van der Waals surface area contributed by atoms with Crippen molar-refractivity contribution in [3.05, 3.63) is 17.7 Å².